The van der Waals surface area contributed by atoms with Crippen LogP contribution in [0.25, 0.3) is 0 Å². The molecule has 1 aromatic carbocycles. The Hall–Kier alpha value is -1.37. The Kier molecular flexibility index (Phi) is 5.39. The summed E-state index contributed by atoms with van der Waals surface area (Å²) in [6.45, 7) is 4.62. The standard InChI is InChI=1S/C15H21BrN4O/c1-4-21-12-7-5-11(6-8-12)13(18-17)9-14-15(16)10(2)19-20(14)3/h5-8,13,18H,4,9,17H2,1-3H3. The van der Waals surface area contributed by atoms with E-state index in [-0.39, 0.29) is 6.04 Å². The maximum atomic E-state index is 5.73. The number of rotatable bonds is 6. The third kappa shape index (κ3) is 3.64. The largest absolute Gasteiger partial charge is 0.494 e. The molecule has 0 spiro atoms. The number of hydrazine groups is 1. The number of nitrogens with zero attached hydrogens (tertiary/aromatic N) is 2. The molecule has 5 nitrogen and oxygen atoms in total. The molecular weight excluding hydrogens is 332 g/mol. The topological polar surface area (TPSA) is 65.1 Å². The third-order valence-corrected chi connectivity index (χ3v) is 4.49. The Morgan fingerprint density at radius 1 is 1.38 bits per heavy atom. The molecule has 2 rings (SSSR count). The number of aryl methyl sites for hydroxylation is 2. The van der Waals surface area contributed by atoms with Gasteiger partial charge in [0, 0.05) is 13.5 Å². The first-order valence-electron chi connectivity index (χ1n) is 6.93. The smallest absolute Gasteiger partial charge is 0.119 e. The van der Waals surface area contributed by atoms with Gasteiger partial charge in [0.2, 0.25) is 0 Å². The van der Waals surface area contributed by atoms with E-state index in [1.165, 1.54) is 0 Å². The number of halogens is 1. The zero-order valence-corrected chi connectivity index (χ0v) is 14.1. The number of ether oxygens (including phenoxy) is 1. The molecule has 0 amide bonds. The summed E-state index contributed by atoms with van der Waals surface area (Å²) in [4.78, 5) is 0. The summed E-state index contributed by atoms with van der Waals surface area (Å²) < 4.78 is 8.39. The fourth-order valence-corrected chi connectivity index (χ4v) is 2.83. The summed E-state index contributed by atoms with van der Waals surface area (Å²) in [5.74, 6) is 6.60. The Bertz CT molecular complexity index is 594. The summed E-state index contributed by atoms with van der Waals surface area (Å²) in [6.07, 6.45) is 0.752. The van der Waals surface area contributed by atoms with Crippen molar-refractivity contribution in [2.45, 2.75) is 26.3 Å². The molecule has 0 saturated carbocycles. The first-order valence-corrected chi connectivity index (χ1v) is 7.73. The molecule has 0 aliphatic carbocycles. The molecule has 0 fully saturated rings. The quantitative estimate of drug-likeness (QED) is 0.619. The molecule has 3 N–H and O–H groups in total. The summed E-state index contributed by atoms with van der Waals surface area (Å²) >= 11 is 3.59. The monoisotopic (exact) mass is 352 g/mol. The zero-order chi connectivity index (χ0) is 15.4. The Balaban J connectivity index is 2.19. The van der Waals surface area contributed by atoms with Crippen molar-refractivity contribution >= 4 is 15.9 Å². The molecule has 0 aliphatic rings. The lowest BCUT2D eigenvalue weighted by Crippen LogP contribution is -2.30. The van der Waals surface area contributed by atoms with Crippen molar-refractivity contribution in [3.8, 4) is 5.75 Å². The van der Waals surface area contributed by atoms with Crippen LogP contribution in [0.2, 0.25) is 0 Å². The number of hydrogen-bond acceptors (Lipinski definition) is 4. The minimum atomic E-state index is 0.0202. The van der Waals surface area contributed by atoms with E-state index in [0.29, 0.717) is 6.61 Å². The highest BCUT2D eigenvalue weighted by Gasteiger charge is 2.17. The van der Waals surface area contributed by atoms with Crippen LogP contribution >= 0.6 is 15.9 Å². The Morgan fingerprint density at radius 3 is 2.52 bits per heavy atom. The lowest BCUT2D eigenvalue weighted by molar-refractivity contribution is 0.340. The minimum Gasteiger partial charge on any atom is -0.494 e. The van der Waals surface area contributed by atoms with Gasteiger partial charge in [-0.2, -0.15) is 5.10 Å². The highest BCUT2D eigenvalue weighted by atomic mass is 79.9. The van der Waals surface area contributed by atoms with Crippen molar-refractivity contribution in [3.63, 3.8) is 0 Å². The summed E-state index contributed by atoms with van der Waals surface area (Å²) in [5.41, 5.74) is 6.09. The van der Waals surface area contributed by atoms with Gasteiger partial charge in [0.05, 0.1) is 28.5 Å². The van der Waals surface area contributed by atoms with Gasteiger partial charge in [-0.25, -0.2) is 0 Å². The first-order chi connectivity index (χ1) is 10.1. The lowest BCUT2D eigenvalue weighted by Gasteiger charge is -2.17. The van der Waals surface area contributed by atoms with Crippen LogP contribution in [-0.2, 0) is 13.5 Å². The molecule has 1 aromatic heterocycles. The zero-order valence-electron chi connectivity index (χ0n) is 12.6. The molecule has 1 atom stereocenters. The highest BCUT2D eigenvalue weighted by Crippen LogP contribution is 2.26. The van der Waals surface area contributed by atoms with Gasteiger partial charge >= 0.3 is 0 Å². The fraction of sp³-hybridized carbons (Fsp3) is 0.400. The summed E-state index contributed by atoms with van der Waals surface area (Å²) in [6, 6.07) is 8.02. The van der Waals surface area contributed by atoms with Crippen molar-refractivity contribution in [2.75, 3.05) is 6.61 Å². The normalized spacial score (nSPS) is 12.4. The molecule has 0 radical (unpaired) electrons. The molecule has 1 heterocycles. The van der Waals surface area contributed by atoms with Crippen LogP contribution in [-0.4, -0.2) is 16.4 Å². The first kappa shape index (κ1) is 16.0. The predicted octanol–water partition coefficient (Wildman–Crippen LogP) is 2.64. The average Bonchev–Trinajstić information content (AvgIpc) is 2.72. The molecule has 0 bridgehead atoms. The molecule has 6 heteroatoms. The van der Waals surface area contributed by atoms with E-state index < -0.39 is 0 Å². The number of aromatic nitrogens is 2. The Labute approximate surface area is 133 Å². The average molecular weight is 353 g/mol. The number of nitrogens with two attached hydrogens (primary N) is 1. The van der Waals surface area contributed by atoms with Crippen LogP contribution in [0, 0.1) is 6.92 Å². The van der Waals surface area contributed by atoms with Crippen molar-refractivity contribution < 1.29 is 4.74 Å². The molecular formula is C15H21BrN4O. The second-order valence-corrected chi connectivity index (χ2v) is 5.69. The van der Waals surface area contributed by atoms with E-state index in [9.17, 15) is 0 Å². The van der Waals surface area contributed by atoms with E-state index in [4.69, 9.17) is 10.6 Å². The van der Waals surface area contributed by atoms with Gasteiger partial charge in [-0.1, -0.05) is 12.1 Å². The van der Waals surface area contributed by atoms with E-state index in [1.54, 1.807) is 0 Å². The van der Waals surface area contributed by atoms with Crippen LogP contribution in [0.15, 0.2) is 28.7 Å². The van der Waals surface area contributed by atoms with Crippen LogP contribution in [0.4, 0.5) is 0 Å². The van der Waals surface area contributed by atoms with Crippen molar-refractivity contribution in [3.05, 3.63) is 45.7 Å². The fourth-order valence-electron chi connectivity index (χ4n) is 2.33. The minimum absolute atomic E-state index is 0.0202. The highest BCUT2D eigenvalue weighted by molar-refractivity contribution is 9.10. The summed E-state index contributed by atoms with van der Waals surface area (Å²) in [7, 11) is 1.94. The van der Waals surface area contributed by atoms with Gasteiger partial charge in [-0.15, -0.1) is 0 Å². The van der Waals surface area contributed by atoms with Crippen molar-refractivity contribution in [1.82, 2.24) is 15.2 Å². The van der Waals surface area contributed by atoms with Gasteiger partial charge in [0.25, 0.3) is 0 Å². The lowest BCUT2D eigenvalue weighted by atomic mass is 10.0. The van der Waals surface area contributed by atoms with Crippen molar-refractivity contribution in [2.24, 2.45) is 12.9 Å². The van der Waals surface area contributed by atoms with Gasteiger partial charge in [-0.05, 0) is 47.5 Å². The second kappa shape index (κ2) is 7.06. The van der Waals surface area contributed by atoms with Gasteiger partial charge in [-0.3, -0.25) is 16.0 Å². The molecule has 0 saturated heterocycles. The number of nitrogens with one attached hydrogen (secondary N) is 1. The maximum absolute atomic E-state index is 5.73. The number of benzene rings is 1. The van der Waals surface area contributed by atoms with Crippen LogP contribution < -0.4 is 16.0 Å². The molecule has 2 aromatic rings. The van der Waals surface area contributed by atoms with E-state index in [1.807, 2.05) is 49.8 Å². The molecule has 1 unspecified atom stereocenters. The maximum Gasteiger partial charge on any atom is 0.119 e. The molecule has 21 heavy (non-hydrogen) atoms. The van der Waals surface area contributed by atoms with Crippen molar-refractivity contribution in [1.29, 1.82) is 0 Å². The Morgan fingerprint density at radius 2 is 2.05 bits per heavy atom. The van der Waals surface area contributed by atoms with Crippen LogP contribution in [0.5, 0.6) is 5.75 Å². The third-order valence-electron chi connectivity index (χ3n) is 3.45. The van der Waals surface area contributed by atoms with Gasteiger partial charge < -0.3 is 4.74 Å². The van der Waals surface area contributed by atoms with Crippen LogP contribution in [0.1, 0.15) is 29.9 Å². The predicted molar refractivity (Wildman–Crippen MR) is 87.0 cm³/mol. The van der Waals surface area contributed by atoms with Crippen LogP contribution in [0.3, 0.4) is 0 Å². The SMILES string of the molecule is CCOc1ccc(C(Cc2c(Br)c(C)nn2C)NN)cc1. The molecule has 114 valence electrons. The summed E-state index contributed by atoms with van der Waals surface area (Å²) in [5, 5.41) is 4.41. The van der Waals surface area contributed by atoms with Gasteiger partial charge in [0.1, 0.15) is 5.75 Å². The molecule has 0 aliphatic heterocycles. The second-order valence-electron chi connectivity index (χ2n) is 4.90. The van der Waals surface area contributed by atoms with Gasteiger partial charge in [0.15, 0.2) is 0 Å². The number of hydrogen-bond donors (Lipinski definition) is 2. The van der Waals surface area contributed by atoms with E-state index in [2.05, 4.69) is 26.5 Å². The van der Waals surface area contributed by atoms with E-state index >= 15 is 0 Å². The van der Waals surface area contributed by atoms with E-state index in [0.717, 1.165) is 33.6 Å².